The zero-order valence-corrected chi connectivity index (χ0v) is 11.5. The summed E-state index contributed by atoms with van der Waals surface area (Å²) in [6.45, 7) is 3.78. The van der Waals surface area contributed by atoms with Gasteiger partial charge in [0, 0.05) is 24.0 Å². The molecule has 0 aliphatic carbocycles. The highest BCUT2D eigenvalue weighted by molar-refractivity contribution is 5.86. The van der Waals surface area contributed by atoms with Crippen LogP contribution in [0.25, 0.3) is 10.9 Å². The predicted octanol–water partition coefficient (Wildman–Crippen LogP) is 0.718. The molecule has 0 fully saturated rings. The molecule has 1 aromatic heterocycles. The standard InChI is InChI=1S/C14H16N2O4/c1-8(2)20-14-10-4-9(5-13(17)18)12(19-3)6-11(10)15-7-16-14/h4,6-8H,5H2,1-3H3,(H,17,18)/p-1. The Hall–Kier alpha value is -2.37. The van der Waals surface area contributed by atoms with Gasteiger partial charge in [0.25, 0.3) is 0 Å². The van der Waals surface area contributed by atoms with Crippen LogP contribution in [0.5, 0.6) is 11.6 Å². The van der Waals surface area contributed by atoms with Crippen LogP contribution in [0.15, 0.2) is 18.5 Å². The Morgan fingerprint density at radius 1 is 1.35 bits per heavy atom. The fourth-order valence-electron chi connectivity index (χ4n) is 1.91. The average molecular weight is 275 g/mol. The summed E-state index contributed by atoms with van der Waals surface area (Å²) >= 11 is 0. The van der Waals surface area contributed by atoms with Gasteiger partial charge >= 0.3 is 0 Å². The Balaban J connectivity index is 2.59. The first kappa shape index (κ1) is 14.0. The second-order valence-electron chi connectivity index (χ2n) is 4.58. The number of nitrogens with zero attached hydrogens (tertiary/aromatic N) is 2. The van der Waals surface area contributed by atoms with Crippen molar-refractivity contribution in [3.05, 3.63) is 24.0 Å². The molecule has 0 saturated carbocycles. The molecule has 6 nitrogen and oxygen atoms in total. The van der Waals surface area contributed by atoms with Gasteiger partial charge in [0.05, 0.1) is 24.1 Å². The lowest BCUT2D eigenvalue weighted by Crippen LogP contribution is -2.24. The van der Waals surface area contributed by atoms with E-state index in [1.54, 1.807) is 12.1 Å². The van der Waals surface area contributed by atoms with Gasteiger partial charge in [-0.05, 0) is 19.9 Å². The smallest absolute Gasteiger partial charge is 0.224 e. The summed E-state index contributed by atoms with van der Waals surface area (Å²) in [7, 11) is 1.48. The fourth-order valence-corrected chi connectivity index (χ4v) is 1.91. The number of rotatable bonds is 5. The molecule has 0 atom stereocenters. The molecule has 20 heavy (non-hydrogen) atoms. The van der Waals surface area contributed by atoms with Crippen LogP contribution in [-0.4, -0.2) is 29.2 Å². The van der Waals surface area contributed by atoms with Gasteiger partial charge in [0.1, 0.15) is 12.1 Å². The minimum atomic E-state index is -1.18. The van der Waals surface area contributed by atoms with E-state index < -0.39 is 5.97 Å². The van der Waals surface area contributed by atoms with Crippen LogP contribution < -0.4 is 14.6 Å². The number of ether oxygens (including phenoxy) is 2. The summed E-state index contributed by atoms with van der Waals surface area (Å²) in [5.74, 6) is -0.297. The number of carboxylic acid groups (broad SMARTS) is 1. The zero-order chi connectivity index (χ0) is 14.7. The van der Waals surface area contributed by atoms with E-state index in [0.29, 0.717) is 28.1 Å². The minimum absolute atomic E-state index is 0.0419. The van der Waals surface area contributed by atoms with E-state index in [9.17, 15) is 9.90 Å². The molecule has 0 saturated heterocycles. The van der Waals surface area contributed by atoms with Gasteiger partial charge in [0.15, 0.2) is 0 Å². The maximum absolute atomic E-state index is 10.8. The SMILES string of the molecule is COc1cc2ncnc(OC(C)C)c2cc1CC(=O)[O-]. The monoisotopic (exact) mass is 275 g/mol. The van der Waals surface area contributed by atoms with E-state index in [1.165, 1.54) is 13.4 Å². The van der Waals surface area contributed by atoms with Crippen LogP contribution in [0.3, 0.4) is 0 Å². The number of fused-ring (bicyclic) bond motifs is 1. The molecule has 6 heteroatoms. The van der Waals surface area contributed by atoms with Crippen molar-refractivity contribution in [2.45, 2.75) is 26.4 Å². The van der Waals surface area contributed by atoms with Crippen molar-refractivity contribution >= 4 is 16.9 Å². The average Bonchev–Trinajstić information content (AvgIpc) is 2.37. The normalized spacial score (nSPS) is 10.8. The molecule has 106 valence electrons. The predicted molar refractivity (Wildman–Crippen MR) is 70.6 cm³/mol. The van der Waals surface area contributed by atoms with Crippen LogP contribution in [0, 0.1) is 0 Å². The van der Waals surface area contributed by atoms with E-state index in [-0.39, 0.29) is 12.5 Å². The van der Waals surface area contributed by atoms with Crippen LogP contribution in [0.1, 0.15) is 19.4 Å². The Labute approximate surface area is 116 Å². The number of benzene rings is 1. The molecule has 0 amide bonds. The number of carboxylic acids is 1. The molecule has 0 aliphatic rings. The van der Waals surface area contributed by atoms with Crippen molar-refractivity contribution < 1.29 is 19.4 Å². The van der Waals surface area contributed by atoms with Crippen molar-refractivity contribution in [3.63, 3.8) is 0 Å². The van der Waals surface area contributed by atoms with Crippen molar-refractivity contribution in [3.8, 4) is 11.6 Å². The molecule has 0 aliphatic heterocycles. The fraction of sp³-hybridized carbons (Fsp3) is 0.357. The first-order chi connectivity index (χ1) is 9.51. The summed E-state index contributed by atoms with van der Waals surface area (Å²) in [4.78, 5) is 19.0. The molecular weight excluding hydrogens is 260 g/mol. The summed E-state index contributed by atoms with van der Waals surface area (Å²) in [5.41, 5.74) is 1.14. The van der Waals surface area contributed by atoms with Crippen molar-refractivity contribution in [1.82, 2.24) is 9.97 Å². The molecule has 0 spiro atoms. The van der Waals surface area contributed by atoms with Gasteiger partial charge in [-0.15, -0.1) is 0 Å². The van der Waals surface area contributed by atoms with Crippen LogP contribution >= 0.6 is 0 Å². The molecule has 0 N–H and O–H groups in total. The lowest BCUT2D eigenvalue weighted by atomic mass is 10.1. The quantitative estimate of drug-likeness (QED) is 0.799. The summed E-state index contributed by atoms with van der Waals surface area (Å²) in [6, 6.07) is 3.34. The third kappa shape index (κ3) is 2.96. The molecule has 0 unspecified atom stereocenters. The molecule has 0 bridgehead atoms. The molecule has 1 heterocycles. The maximum atomic E-state index is 10.8. The highest BCUT2D eigenvalue weighted by Gasteiger charge is 2.12. The van der Waals surface area contributed by atoms with E-state index in [0.717, 1.165) is 0 Å². The van der Waals surface area contributed by atoms with Crippen molar-refractivity contribution in [2.75, 3.05) is 7.11 Å². The summed E-state index contributed by atoms with van der Waals surface area (Å²) < 4.78 is 10.8. The van der Waals surface area contributed by atoms with Gasteiger partial charge in [-0.2, -0.15) is 0 Å². The van der Waals surface area contributed by atoms with E-state index in [2.05, 4.69) is 9.97 Å². The number of carbonyl (C=O) groups is 1. The zero-order valence-electron chi connectivity index (χ0n) is 11.5. The lowest BCUT2D eigenvalue weighted by molar-refractivity contribution is -0.304. The lowest BCUT2D eigenvalue weighted by Gasteiger charge is -2.14. The first-order valence-corrected chi connectivity index (χ1v) is 6.19. The van der Waals surface area contributed by atoms with E-state index in [1.807, 2.05) is 13.8 Å². The molecular formula is C14H15N2O4-. The largest absolute Gasteiger partial charge is 0.550 e. The summed E-state index contributed by atoms with van der Waals surface area (Å²) in [5, 5.41) is 11.5. The molecule has 2 aromatic rings. The van der Waals surface area contributed by atoms with E-state index in [4.69, 9.17) is 9.47 Å². The number of carbonyl (C=O) groups excluding carboxylic acids is 1. The van der Waals surface area contributed by atoms with Gasteiger partial charge in [-0.25, -0.2) is 9.97 Å². The Morgan fingerprint density at radius 2 is 2.10 bits per heavy atom. The number of methoxy groups -OCH3 is 1. The molecule has 2 rings (SSSR count). The number of hydrogen-bond acceptors (Lipinski definition) is 6. The third-order valence-corrected chi connectivity index (χ3v) is 2.68. The second kappa shape index (κ2) is 5.73. The van der Waals surface area contributed by atoms with Crippen molar-refractivity contribution in [1.29, 1.82) is 0 Å². The van der Waals surface area contributed by atoms with Crippen molar-refractivity contribution in [2.24, 2.45) is 0 Å². The van der Waals surface area contributed by atoms with Crippen LogP contribution in [0.2, 0.25) is 0 Å². The highest BCUT2D eigenvalue weighted by Crippen LogP contribution is 2.29. The highest BCUT2D eigenvalue weighted by atomic mass is 16.5. The minimum Gasteiger partial charge on any atom is -0.550 e. The van der Waals surface area contributed by atoms with Gasteiger partial charge in [-0.1, -0.05) is 0 Å². The van der Waals surface area contributed by atoms with Crippen LogP contribution in [0.4, 0.5) is 0 Å². The number of aromatic nitrogens is 2. The Bertz CT molecular complexity index is 640. The number of hydrogen-bond donors (Lipinski definition) is 0. The van der Waals surface area contributed by atoms with Crippen LogP contribution in [-0.2, 0) is 11.2 Å². The third-order valence-electron chi connectivity index (χ3n) is 2.68. The number of aliphatic carboxylic acids is 1. The Morgan fingerprint density at radius 3 is 2.70 bits per heavy atom. The molecule has 1 aromatic carbocycles. The first-order valence-electron chi connectivity index (χ1n) is 6.19. The molecule has 0 radical (unpaired) electrons. The van der Waals surface area contributed by atoms with Gasteiger partial charge < -0.3 is 19.4 Å². The van der Waals surface area contributed by atoms with Gasteiger partial charge in [0.2, 0.25) is 5.88 Å². The topological polar surface area (TPSA) is 84.4 Å². The second-order valence-corrected chi connectivity index (χ2v) is 4.58. The Kier molecular flexibility index (Phi) is 4.02. The van der Waals surface area contributed by atoms with E-state index >= 15 is 0 Å². The maximum Gasteiger partial charge on any atom is 0.224 e. The summed E-state index contributed by atoms with van der Waals surface area (Å²) in [6.07, 6.45) is 1.12. The van der Waals surface area contributed by atoms with Gasteiger partial charge in [-0.3, -0.25) is 0 Å².